The van der Waals surface area contributed by atoms with Gasteiger partial charge < -0.3 is 10.5 Å². The molecule has 2 aromatic rings. The normalized spacial score (nSPS) is 10.0. The second-order valence-electron chi connectivity index (χ2n) is 2.78. The van der Waals surface area contributed by atoms with Gasteiger partial charge in [-0.1, -0.05) is 30.3 Å². The van der Waals surface area contributed by atoms with E-state index in [0.717, 1.165) is 5.56 Å². The maximum absolute atomic E-state index is 5.34. The predicted octanol–water partition coefficient (Wildman–Crippen LogP) is 0.966. The van der Waals surface area contributed by atoms with Crippen LogP contribution in [0.1, 0.15) is 5.56 Å². The third kappa shape index (κ3) is 2.01. The van der Waals surface area contributed by atoms with Crippen LogP contribution >= 0.6 is 0 Å². The van der Waals surface area contributed by atoms with Gasteiger partial charge in [0.15, 0.2) is 0 Å². The quantitative estimate of drug-likeness (QED) is 0.755. The van der Waals surface area contributed by atoms with E-state index in [1.165, 1.54) is 0 Å². The molecular formula is C9H10N4O. The van der Waals surface area contributed by atoms with Crippen molar-refractivity contribution in [2.24, 2.45) is 0 Å². The summed E-state index contributed by atoms with van der Waals surface area (Å²) in [5.41, 5.74) is 6.40. The number of rotatable bonds is 3. The van der Waals surface area contributed by atoms with Gasteiger partial charge in [-0.25, -0.2) is 5.10 Å². The molecule has 5 nitrogen and oxygen atoms in total. The van der Waals surface area contributed by atoms with Crippen molar-refractivity contribution in [1.29, 1.82) is 0 Å². The zero-order valence-electron chi connectivity index (χ0n) is 7.47. The van der Waals surface area contributed by atoms with Crippen molar-refractivity contribution in [3.8, 4) is 6.01 Å². The number of nitrogens with two attached hydrogens (primary N) is 1. The van der Waals surface area contributed by atoms with E-state index in [9.17, 15) is 0 Å². The topological polar surface area (TPSA) is 76.8 Å². The predicted molar refractivity (Wildman–Crippen MR) is 51.6 cm³/mol. The molecule has 0 atom stereocenters. The molecule has 5 heteroatoms. The lowest BCUT2D eigenvalue weighted by Crippen LogP contribution is -1.96. The fraction of sp³-hybridized carbons (Fsp3) is 0.111. The van der Waals surface area contributed by atoms with Crippen LogP contribution < -0.4 is 10.5 Å². The lowest BCUT2D eigenvalue weighted by atomic mass is 10.2. The summed E-state index contributed by atoms with van der Waals surface area (Å²) in [6.07, 6.45) is 0. The van der Waals surface area contributed by atoms with E-state index in [0.29, 0.717) is 6.61 Å². The Labute approximate surface area is 80.9 Å². The molecule has 0 amide bonds. The number of nitrogen functional groups attached to an aromatic ring is 1. The zero-order valence-corrected chi connectivity index (χ0v) is 7.47. The molecule has 1 aromatic heterocycles. The van der Waals surface area contributed by atoms with Crippen LogP contribution in [0.5, 0.6) is 6.01 Å². The van der Waals surface area contributed by atoms with Crippen LogP contribution in [0.4, 0.5) is 5.95 Å². The third-order valence-corrected chi connectivity index (χ3v) is 1.69. The fourth-order valence-electron chi connectivity index (χ4n) is 1.04. The van der Waals surface area contributed by atoms with Crippen molar-refractivity contribution < 1.29 is 4.74 Å². The lowest BCUT2D eigenvalue weighted by Gasteiger charge is -2.00. The van der Waals surface area contributed by atoms with Crippen LogP contribution in [-0.4, -0.2) is 15.2 Å². The van der Waals surface area contributed by atoms with E-state index >= 15 is 0 Å². The number of aromatic amines is 1. The Morgan fingerprint density at radius 1 is 1.29 bits per heavy atom. The first-order chi connectivity index (χ1) is 6.84. The largest absolute Gasteiger partial charge is 0.457 e. The maximum Gasteiger partial charge on any atom is 0.337 e. The van der Waals surface area contributed by atoms with E-state index < -0.39 is 0 Å². The van der Waals surface area contributed by atoms with Gasteiger partial charge in [0.2, 0.25) is 5.95 Å². The fourth-order valence-corrected chi connectivity index (χ4v) is 1.04. The first-order valence-electron chi connectivity index (χ1n) is 4.19. The van der Waals surface area contributed by atoms with Crippen LogP contribution in [0.15, 0.2) is 30.3 Å². The van der Waals surface area contributed by atoms with Crippen molar-refractivity contribution in [3.05, 3.63) is 35.9 Å². The number of aromatic nitrogens is 3. The molecule has 2 rings (SSSR count). The Kier molecular flexibility index (Phi) is 2.31. The van der Waals surface area contributed by atoms with Gasteiger partial charge in [0, 0.05) is 0 Å². The molecule has 72 valence electrons. The van der Waals surface area contributed by atoms with Crippen LogP contribution in [0.2, 0.25) is 0 Å². The maximum atomic E-state index is 5.34. The molecule has 0 aliphatic rings. The molecule has 0 fully saturated rings. The standard InChI is InChI=1S/C9H10N4O/c10-8-11-9(13-12-8)14-6-7-4-2-1-3-5-7/h1-5H,6H2,(H3,10,11,12,13). The van der Waals surface area contributed by atoms with Gasteiger partial charge in [-0.05, 0) is 5.56 Å². The minimum Gasteiger partial charge on any atom is -0.457 e. The Morgan fingerprint density at radius 3 is 2.71 bits per heavy atom. The minimum absolute atomic E-state index is 0.257. The summed E-state index contributed by atoms with van der Waals surface area (Å²) in [7, 11) is 0. The highest BCUT2D eigenvalue weighted by molar-refractivity contribution is 5.17. The number of hydrogen-bond acceptors (Lipinski definition) is 4. The van der Waals surface area contributed by atoms with Gasteiger partial charge in [-0.2, -0.15) is 4.98 Å². The zero-order chi connectivity index (χ0) is 9.80. The highest BCUT2D eigenvalue weighted by Crippen LogP contribution is 2.06. The number of ether oxygens (including phenoxy) is 1. The summed E-state index contributed by atoms with van der Waals surface area (Å²) in [6.45, 7) is 0.443. The van der Waals surface area contributed by atoms with Gasteiger partial charge in [0.25, 0.3) is 0 Å². The van der Waals surface area contributed by atoms with Crippen LogP contribution in [0.25, 0.3) is 0 Å². The first kappa shape index (κ1) is 8.55. The summed E-state index contributed by atoms with van der Waals surface area (Å²) in [6, 6.07) is 10.1. The summed E-state index contributed by atoms with van der Waals surface area (Å²) in [4.78, 5) is 3.81. The summed E-state index contributed by atoms with van der Waals surface area (Å²) in [5.74, 6) is 0.257. The number of benzene rings is 1. The third-order valence-electron chi connectivity index (χ3n) is 1.69. The Balaban J connectivity index is 1.95. The molecular weight excluding hydrogens is 180 g/mol. The molecule has 0 bridgehead atoms. The van der Waals surface area contributed by atoms with E-state index in [1.54, 1.807) is 0 Å². The Hall–Kier alpha value is -2.04. The first-order valence-corrected chi connectivity index (χ1v) is 4.19. The lowest BCUT2D eigenvalue weighted by molar-refractivity contribution is 0.282. The van der Waals surface area contributed by atoms with Crippen molar-refractivity contribution in [3.63, 3.8) is 0 Å². The second-order valence-corrected chi connectivity index (χ2v) is 2.78. The average molecular weight is 190 g/mol. The van der Waals surface area contributed by atoms with Crippen molar-refractivity contribution in [2.75, 3.05) is 5.73 Å². The molecule has 1 heterocycles. The van der Waals surface area contributed by atoms with Crippen molar-refractivity contribution in [1.82, 2.24) is 15.2 Å². The SMILES string of the molecule is Nc1nc(OCc2ccccc2)n[nH]1. The minimum atomic E-state index is 0.257. The molecule has 0 spiro atoms. The van der Waals surface area contributed by atoms with Crippen molar-refractivity contribution >= 4 is 5.95 Å². The van der Waals surface area contributed by atoms with Gasteiger partial charge in [0.05, 0.1) is 0 Å². The number of anilines is 1. The molecule has 0 aliphatic heterocycles. The van der Waals surface area contributed by atoms with Gasteiger partial charge in [-0.3, -0.25) is 0 Å². The second kappa shape index (κ2) is 3.78. The summed E-state index contributed by atoms with van der Waals surface area (Å²) >= 11 is 0. The summed E-state index contributed by atoms with van der Waals surface area (Å²) < 4.78 is 5.28. The number of nitrogens with zero attached hydrogens (tertiary/aromatic N) is 2. The smallest absolute Gasteiger partial charge is 0.337 e. The monoisotopic (exact) mass is 190 g/mol. The van der Waals surface area contributed by atoms with Crippen LogP contribution in [0.3, 0.4) is 0 Å². The summed E-state index contributed by atoms with van der Waals surface area (Å²) in [5, 5.41) is 6.24. The van der Waals surface area contributed by atoms with Crippen LogP contribution in [0, 0.1) is 0 Å². The molecule has 0 radical (unpaired) electrons. The highest BCUT2D eigenvalue weighted by atomic mass is 16.5. The van der Waals surface area contributed by atoms with Crippen molar-refractivity contribution in [2.45, 2.75) is 6.61 Å². The number of H-pyrrole nitrogens is 1. The molecule has 14 heavy (non-hydrogen) atoms. The Bertz CT molecular complexity index is 398. The average Bonchev–Trinajstić information content (AvgIpc) is 2.63. The van der Waals surface area contributed by atoms with E-state index in [-0.39, 0.29) is 12.0 Å². The molecule has 0 saturated heterocycles. The molecule has 0 unspecified atom stereocenters. The van der Waals surface area contributed by atoms with Gasteiger partial charge in [0.1, 0.15) is 6.61 Å². The Morgan fingerprint density at radius 2 is 2.07 bits per heavy atom. The number of hydrogen-bond donors (Lipinski definition) is 2. The van der Waals surface area contributed by atoms with E-state index in [4.69, 9.17) is 10.5 Å². The molecule has 0 aliphatic carbocycles. The van der Waals surface area contributed by atoms with Gasteiger partial charge >= 0.3 is 6.01 Å². The van der Waals surface area contributed by atoms with E-state index in [2.05, 4.69) is 15.2 Å². The van der Waals surface area contributed by atoms with E-state index in [1.807, 2.05) is 30.3 Å². The van der Waals surface area contributed by atoms with Gasteiger partial charge in [-0.15, -0.1) is 5.10 Å². The molecule has 3 N–H and O–H groups in total. The highest BCUT2D eigenvalue weighted by Gasteiger charge is 2.00. The molecule has 0 saturated carbocycles. The van der Waals surface area contributed by atoms with Crippen LogP contribution in [-0.2, 0) is 6.61 Å². The molecule has 1 aromatic carbocycles. The number of nitrogens with one attached hydrogen (secondary N) is 1.